The summed E-state index contributed by atoms with van der Waals surface area (Å²) in [4.78, 5) is 19.5. The number of aryl methyl sites for hydroxylation is 1. The number of ether oxygens (including phenoxy) is 1. The third-order valence-corrected chi connectivity index (χ3v) is 12.7. The van der Waals surface area contributed by atoms with Crippen molar-refractivity contribution in [3.63, 3.8) is 0 Å². The van der Waals surface area contributed by atoms with E-state index in [4.69, 9.17) is 24.7 Å². The molecule has 5 heterocycles. The van der Waals surface area contributed by atoms with Gasteiger partial charge in [0.2, 0.25) is 13.4 Å². The Morgan fingerprint density at radius 3 is 1.41 bits per heavy atom. The lowest BCUT2D eigenvalue weighted by molar-refractivity contribution is 0.414. The first-order valence-corrected chi connectivity index (χ1v) is 21.4. The van der Waals surface area contributed by atoms with E-state index in [1.54, 1.807) is 13.3 Å². The van der Waals surface area contributed by atoms with Crippen molar-refractivity contribution in [1.82, 2.24) is 29.1 Å². The molecular formula is C54H42B2N6O. The van der Waals surface area contributed by atoms with Crippen LogP contribution in [0.3, 0.4) is 0 Å². The summed E-state index contributed by atoms with van der Waals surface area (Å²) in [6.07, 6.45) is 7.48. The second-order valence-corrected chi connectivity index (χ2v) is 16.5. The summed E-state index contributed by atoms with van der Waals surface area (Å²) in [5.41, 5.74) is 14.3. The standard InChI is InChI=1S/C54H42B2N6O/c1-35-23-25-57-53(27-35)61-49-17-7-5-15-43(49)45-21-19-40(30-51(45)61)55(2)38-13-9-11-36(28-38)47-33-60-48(34-59-47)37-12-10-14-39(29-37)56(3)41-20-22-46-44-16-6-8-18-50(44)62(52(46)31-41)54-32-42(63-4)24-26-58-54/h5-34H,1-4H3. The molecular weight excluding hydrogens is 770 g/mol. The number of fused-ring (bicyclic) bond motifs is 6. The molecule has 300 valence electrons. The highest BCUT2D eigenvalue weighted by Crippen LogP contribution is 2.33. The lowest BCUT2D eigenvalue weighted by Crippen LogP contribution is -2.39. The summed E-state index contributed by atoms with van der Waals surface area (Å²) in [6.45, 7) is 6.92. The van der Waals surface area contributed by atoms with Crippen LogP contribution in [-0.2, 0) is 0 Å². The lowest BCUT2D eigenvalue weighted by Gasteiger charge is -2.14. The average molecular weight is 813 g/mol. The van der Waals surface area contributed by atoms with E-state index in [1.165, 1.54) is 49.0 Å². The molecule has 11 aromatic rings. The predicted molar refractivity (Wildman–Crippen MR) is 263 cm³/mol. The van der Waals surface area contributed by atoms with Crippen molar-refractivity contribution in [2.75, 3.05) is 7.11 Å². The predicted octanol–water partition coefficient (Wildman–Crippen LogP) is 9.59. The Labute approximate surface area is 366 Å². The zero-order valence-electron chi connectivity index (χ0n) is 35.6. The second-order valence-electron chi connectivity index (χ2n) is 16.5. The van der Waals surface area contributed by atoms with Crippen molar-refractivity contribution in [3.05, 3.63) is 188 Å². The summed E-state index contributed by atoms with van der Waals surface area (Å²) >= 11 is 0. The van der Waals surface area contributed by atoms with Gasteiger partial charge >= 0.3 is 0 Å². The van der Waals surface area contributed by atoms with Crippen molar-refractivity contribution in [3.8, 4) is 39.9 Å². The molecule has 11 rings (SSSR count). The smallest absolute Gasteiger partial charge is 0.206 e. The Kier molecular flexibility index (Phi) is 9.46. The molecule has 63 heavy (non-hydrogen) atoms. The van der Waals surface area contributed by atoms with Crippen LogP contribution in [0.5, 0.6) is 5.75 Å². The summed E-state index contributed by atoms with van der Waals surface area (Å²) in [6, 6.07) is 56.2. The van der Waals surface area contributed by atoms with Crippen LogP contribution in [0.4, 0.5) is 0 Å². The van der Waals surface area contributed by atoms with Crippen molar-refractivity contribution >= 4 is 78.9 Å². The molecule has 0 saturated carbocycles. The molecule has 0 saturated heterocycles. The third-order valence-electron chi connectivity index (χ3n) is 12.7. The fraction of sp³-hybridized carbons (Fsp3) is 0.0741. The zero-order valence-corrected chi connectivity index (χ0v) is 35.6. The Balaban J connectivity index is 0.874. The summed E-state index contributed by atoms with van der Waals surface area (Å²) < 4.78 is 10.1. The topological polar surface area (TPSA) is 70.7 Å². The van der Waals surface area contributed by atoms with Crippen molar-refractivity contribution < 1.29 is 4.74 Å². The van der Waals surface area contributed by atoms with Crippen LogP contribution >= 0.6 is 0 Å². The Morgan fingerprint density at radius 2 is 0.905 bits per heavy atom. The first-order chi connectivity index (χ1) is 30.9. The molecule has 0 atom stereocenters. The SMILES string of the molecule is COc1ccnc(-n2c3ccccc3c3ccc(B(C)c4cccc(-c5cnc(-c6cccc(B(C)c7ccc8c9ccccc9n(-c9cc(C)ccn9)c8c7)c6)cn5)c4)cc32)c1. The highest BCUT2D eigenvalue weighted by molar-refractivity contribution is 6.84. The van der Waals surface area contributed by atoms with Gasteiger partial charge in [0, 0.05) is 51.1 Å². The van der Waals surface area contributed by atoms with Crippen molar-refractivity contribution in [2.24, 2.45) is 0 Å². The first kappa shape index (κ1) is 38.2. The summed E-state index contributed by atoms with van der Waals surface area (Å²) in [5.74, 6) is 2.52. The molecule has 0 spiro atoms. The monoisotopic (exact) mass is 812 g/mol. The number of benzene rings is 6. The van der Waals surface area contributed by atoms with Crippen LogP contribution in [0.25, 0.3) is 77.8 Å². The van der Waals surface area contributed by atoms with Crippen LogP contribution in [0, 0.1) is 6.92 Å². The highest BCUT2D eigenvalue weighted by atomic mass is 16.5. The molecule has 0 aliphatic heterocycles. The summed E-state index contributed by atoms with van der Waals surface area (Å²) in [5, 5.41) is 4.82. The lowest BCUT2D eigenvalue weighted by atomic mass is 9.42. The summed E-state index contributed by atoms with van der Waals surface area (Å²) in [7, 11) is 1.69. The Bertz CT molecular complexity index is 3520. The van der Waals surface area contributed by atoms with Gasteiger partial charge in [-0.25, -0.2) is 9.97 Å². The third kappa shape index (κ3) is 6.73. The molecule has 0 N–H and O–H groups in total. The van der Waals surface area contributed by atoms with E-state index < -0.39 is 0 Å². The number of hydrogen-bond donors (Lipinski definition) is 0. The van der Waals surface area contributed by atoms with Gasteiger partial charge in [-0.15, -0.1) is 0 Å². The van der Waals surface area contributed by atoms with Crippen LogP contribution in [0.15, 0.2) is 183 Å². The maximum atomic E-state index is 5.57. The molecule has 0 aliphatic carbocycles. The molecule has 0 fully saturated rings. The number of nitrogens with zero attached hydrogens (tertiary/aromatic N) is 6. The molecule has 0 bridgehead atoms. The quantitative estimate of drug-likeness (QED) is 0.136. The maximum Gasteiger partial charge on any atom is 0.206 e. The minimum absolute atomic E-state index is 0.124. The van der Waals surface area contributed by atoms with Gasteiger partial charge in [-0.05, 0) is 55.0 Å². The fourth-order valence-electron chi connectivity index (χ4n) is 9.24. The molecule has 0 radical (unpaired) electrons. The van der Waals surface area contributed by atoms with Gasteiger partial charge in [0.15, 0.2) is 0 Å². The van der Waals surface area contributed by atoms with Gasteiger partial charge in [0.1, 0.15) is 17.4 Å². The van der Waals surface area contributed by atoms with Gasteiger partial charge in [-0.3, -0.25) is 19.1 Å². The van der Waals surface area contributed by atoms with Gasteiger partial charge < -0.3 is 4.74 Å². The van der Waals surface area contributed by atoms with Crippen molar-refractivity contribution in [2.45, 2.75) is 20.6 Å². The zero-order chi connectivity index (χ0) is 42.6. The Morgan fingerprint density at radius 1 is 0.429 bits per heavy atom. The number of pyridine rings is 2. The normalized spacial score (nSPS) is 11.5. The average Bonchev–Trinajstić information content (AvgIpc) is 3.86. The van der Waals surface area contributed by atoms with E-state index in [0.29, 0.717) is 0 Å². The van der Waals surface area contributed by atoms with E-state index in [2.05, 4.69) is 169 Å². The van der Waals surface area contributed by atoms with Crippen molar-refractivity contribution in [1.29, 1.82) is 0 Å². The van der Waals surface area contributed by atoms with Gasteiger partial charge in [-0.1, -0.05) is 145 Å². The second kappa shape index (κ2) is 15.6. The van der Waals surface area contributed by atoms with E-state index in [-0.39, 0.29) is 13.4 Å². The number of aromatic nitrogens is 6. The molecule has 0 aliphatic rings. The molecule has 0 unspecified atom stereocenters. The molecule has 7 nitrogen and oxygen atoms in total. The van der Waals surface area contributed by atoms with Gasteiger partial charge in [0.05, 0.1) is 53.0 Å². The Hall–Kier alpha value is -7.77. The van der Waals surface area contributed by atoms with E-state index in [1.807, 2.05) is 36.8 Å². The first-order valence-electron chi connectivity index (χ1n) is 21.4. The van der Waals surface area contributed by atoms with Crippen LogP contribution < -0.4 is 26.6 Å². The molecule has 0 amide bonds. The van der Waals surface area contributed by atoms with Gasteiger partial charge in [-0.2, -0.15) is 0 Å². The molecule has 5 aromatic heterocycles. The largest absolute Gasteiger partial charge is 0.497 e. The fourth-order valence-corrected chi connectivity index (χ4v) is 9.24. The number of rotatable bonds is 9. The van der Waals surface area contributed by atoms with Gasteiger partial charge in [0.25, 0.3) is 0 Å². The number of para-hydroxylation sites is 2. The van der Waals surface area contributed by atoms with Crippen LogP contribution in [-0.4, -0.2) is 49.6 Å². The van der Waals surface area contributed by atoms with E-state index in [0.717, 1.165) is 62.0 Å². The number of methoxy groups -OCH3 is 1. The van der Waals surface area contributed by atoms with E-state index in [9.17, 15) is 0 Å². The number of hydrogen-bond acceptors (Lipinski definition) is 5. The molecule has 9 heteroatoms. The minimum Gasteiger partial charge on any atom is -0.497 e. The van der Waals surface area contributed by atoms with Crippen LogP contribution in [0.2, 0.25) is 13.6 Å². The highest BCUT2D eigenvalue weighted by Gasteiger charge is 2.21. The molecule has 6 aromatic carbocycles. The van der Waals surface area contributed by atoms with E-state index >= 15 is 0 Å². The maximum absolute atomic E-state index is 5.57. The minimum atomic E-state index is 0.124. The van der Waals surface area contributed by atoms with Crippen LogP contribution in [0.1, 0.15) is 5.56 Å².